The standard InChI is InChI=1S/C41H27BO7/c43-37(26-12-2-1-3-13-26)27-22-24-28(25-23-27)38(44)29-14-4-5-15-30(29)39(45)31-16-6-7-17-32(31)40(46)33-18-8-9-19-34(33)41(47)35-20-10-11-21-36(35)42(48)49/h1-25,48-49H. The lowest BCUT2D eigenvalue weighted by Gasteiger charge is -2.14. The molecule has 49 heavy (non-hydrogen) atoms. The van der Waals surface area contributed by atoms with Crippen LogP contribution in [-0.4, -0.2) is 46.1 Å². The van der Waals surface area contributed by atoms with Crippen molar-refractivity contribution in [3.05, 3.63) is 207 Å². The molecule has 7 nitrogen and oxygen atoms in total. The van der Waals surface area contributed by atoms with Gasteiger partial charge in [-0.05, 0) is 5.46 Å². The van der Waals surface area contributed by atoms with E-state index in [1.54, 1.807) is 97.1 Å². The highest BCUT2D eigenvalue weighted by molar-refractivity contribution is 6.60. The first-order valence-electron chi connectivity index (χ1n) is 15.4. The Balaban J connectivity index is 1.33. The third-order valence-electron chi connectivity index (χ3n) is 8.18. The van der Waals surface area contributed by atoms with Crippen molar-refractivity contribution < 1.29 is 34.0 Å². The topological polar surface area (TPSA) is 126 Å². The van der Waals surface area contributed by atoms with Crippen LogP contribution in [0.5, 0.6) is 0 Å². The maximum atomic E-state index is 14.1. The summed E-state index contributed by atoms with van der Waals surface area (Å²) in [7, 11) is -1.90. The Bertz CT molecular complexity index is 2240. The summed E-state index contributed by atoms with van der Waals surface area (Å²) in [5.74, 6) is -2.38. The van der Waals surface area contributed by atoms with Crippen LogP contribution in [0, 0.1) is 0 Å². The molecule has 0 saturated carbocycles. The highest BCUT2D eigenvalue weighted by Gasteiger charge is 2.28. The summed E-state index contributed by atoms with van der Waals surface area (Å²) in [5, 5.41) is 19.7. The summed E-state index contributed by atoms with van der Waals surface area (Å²) in [4.78, 5) is 68.5. The molecule has 2 N–H and O–H groups in total. The van der Waals surface area contributed by atoms with Crippen LogP contribution in [0.2, 0.25) is 0 Å². The van der Waals surface area contributed by atoms with Gasteiger partial charge in [0.1, 0.15) is 0 Å². The van der Waals surface area contributed by atoms with Gasteiger partial charge in [-0.25, -0.2) is 0 Å². The number of ketones is 5. The molecule has 0 saturated heterocycles. The van der Waals surface area contributed by atoms with E-state index in [1.165, 1.54) is 48.5 Å². The van der Waals surface area contributed by atoms with E-state index >= 15 is 0 Å². The second kappa shape index (κ2) is 14.2. The van der Waals surface area contributed by atoms with Gasteiger partial charge in [0.25, 0.3) is 0 Å². The van der Waals surface area contributed by atoms with Crippen LogP contribution < -0.4 is 5.46 Å². The molecule has 0 fully saturated rings. The monoisotopic (exact) mass is 642 g/mol. The molecular weight excluding hydrogens is 615 g/mol. The Labute approximate surface area is 282 Å². The van der Waals surface area contributed by atoms with Gasteiger partial charge < -0.3 is 10.0 Å². The number of hydrogen-bond acceptors (Lipinski definition) is 7. The number of carbonyl (C=O) groups excluding carboxylic acids is 5. The van der Waals surface area contributed by atoms with Gasteiger partial charge in [0.05, 0.1) is 0 Å². The minimum Gasteiger partial charge on any atom is -0.423 e. The highest BCUT2D eigenvalue weighted by Crippen LogP contribution is 2.25. The van der Waals surface area contributed by atoms with Crippen LogP contribution in [0.15, 0.2) is 152 Å². The molecule has 0 spiro atoms. The predicted molar refractivity (Wildman–Crippen MR) is 186 cm³/mol. The van der Waals surface area contributed by atoms with Gasteiger partial charge in [0, 0.05) is 55.6 Å². The second-order valence-electron chi connectivity index (χ2n) is 11.2. The molecule has 8 heteroatoms. The summed E-state index contributed by atoms with van der Waals surface area (Å²) >= 11 is 0. The Hall–Kier alpha value is -6.35. The Morgan fingerprint density at radius 2 is 0.592 bits per heavy atom. The van der Waals surface area contributed by atoms with Gasteiger partial charge in [-0.15, -0.1) is 0 Å². The summed E-state index contributed by atoms with van der Waals surface area (Å²) in [6, 6.07) is 39.6. The molecule has 0 aromatic heterocycles. The fraction of sp³-hybridized carbons (Fsp3) is 0. The van der Waals surface area contributed by atoms with Crippen molar-refractivity contribution >= 4 is 41.5 Å². The minimum absolute atomic E-state index is 0.0102. The number of rotatable bonds is 11. The van der Waals surface area contributed by atoms with E-state index < -0.39 is 30.3 Å². The molecule has 236 valence electrons. The second-order valence-corrected chi connectivity index (χ2v) is 11.2. The van der Waals surface area contributed by atoms with Crippen molar-refractivity contribution in [1.29, 1.82) is 0 Å². The van der Waals surface area contributed by atoms with Crippen molar-refractivity contribution in [2.75, 3.05) is 0 Å². The summed E-state index contributed by atoms with van der Waals surface area (Å²) in [6.45, 7) is 0. The maximum absolute atomic E-state index is 14.1. The molecular formula is C41H27BO7. The maximum Gasteiger partial charge on any atom is 0.489 e. The Kier molecular flexibility index (Phi) is 9.44. The van der Waals surface area contributed by atoms with Crippen molar-refractivity contribution in [3.8, 4) is 0 Å². The van der Waals surface area contributed by atoms with E-state index in [1.807, 2.05) is 6.07 Å². The van der Waals surface area contributed by atoms with Crippen LogP contribution >= 0.6 is 0 Å². The van der Waals surface area contributed by atoms with E-state index in [9.17, 15) is 34.0 Å². The average molecular weight is 642 g/mol. The van der Waals surface area contributed by atoms with E-state index in [0.717, 1.165) is 0 Å². The van der Waals surface area contributed by atoms with E-state index in [4.69, 9.17) is 0 Å². The van der Waals surface area contributed by atoms with Crippen molar-refractivity contribution in [3.63, 3.8) is 0 Å². The number of hydrogen-bond donors (Lipinski definition) is 2. The molecule has 0 radical (unpaired) electrons. The minimum atomic E-state index is -1.90. The number of carbonyl (C=O) groups is 5. The fourth-order valence-electron chi connectivity index (χ4n) is 5.69. The lowest BCUT2D eigenvalue weighted by atomic mass is 9.75. The lowest BCUT2D eigenvalue weighted by molar-refractivity contribution is 0.0988. The van der Waals surface area contributed by atoms with Crippen molar-refractivity contribution in [2.24, 2.45) is 0 Å². The van der Waals surface area contributed by atoms with Gasteiger partial charge in [-0.3, -0.25) is 24.0 Å². The zero-order valence-corrected chi connectivity index (χ0v) is 25.9. The first-order valence-corrected chi connectivity index (χ1v) is 15.4. The normalized spacial score (nSPS) is 10.7. The third kappa shape index (κ3) is 6.60. The molecule has 0 unspecified atom stereocenters. The fourth-order valence-corrected chi connectivity index (χ4v) is 5.69. The SMILES string of the molecule is O=C(c1ccccc1)c1ccc(C(=O)c2ccccc2C(=O)c2ccccc2C(=O)c2ccccc2C(=O)c2ccccc2B(O)O)cc1. The van der Waals surface area contributed by atoms with Crippen LogP contribution in [0.1, 0.15) is 79.6 Å². The first-order chi connectivity index (χ1) is 23.8. The van der Waals surface area contributed by atoms with E-state index in [0.29, 0.717) is 11.1 Å². The smallest absolute Gasteiger partial charge is 0.423 e. The van der Waals surface area contributed by atoms with Gasteiger partial charge in [0.15, 0.2) is 28.9 Å². The third-order valence-corrected chi connectivity index (χ3v) is 8.18. The van der Waals surface area contributed by atoms with E-state index in [2.05, 4.69) is 0 Å². The highest BCUT2D eigenvalue weighted by atomic mass is 16.4. The zero-order chi connectivity index (χ0) is 34.5. The molecule has 6 rings (SSSR count). The molecule has 0 aliphatic carbocycles. The molecule has 0 aliphatic rings. The summed E-state index contributed by atoms with van der Waals surface area (Å²) < 4.78 is 0. The van der Waals surface area contributed by atoms with Gasteiger partial charge in [-0.1, -0.05) is 152 Å². The largest absolute Gasteiger partial charge is 0.489 e. The van der Waals surface area contributed by atoms with Crippen molar-refractivity contribution in [1.82, 2.24) is 0 Å². The first kappa shape index (κ1) is 32.6. The van der Waals surface area contributed by atoms with Gasteiger partial charge >= 0.3 is 7.12 Å². The Morgan fingerprint density at radius 1 is 0.306 bits per heavy atom. The molecule has 0 heterocycles. The molecule has 6 aromatic rings. The lowest BCUT2D eigenvalue weighted by Crippen LogP contribution is -2.35. The molecule has 0 amide bonds. The number of benzene rings is 6. The van der Waals surface area contributed by atoms with Crippen LogP contribution in [0.4, 0.5) is 0 Å². The van der Waals surface area contributed by atoms with Gasteiger partial charge in [-0.2, -0.15) is 0 Å². The van der Waals surface area contributed by atoms with Crippen LogP contribution in [-0.2, 0) is 0 Å². The quantitative estimate of drug-likeness (QED) is 0.141. The summed E-state index contributed by atoms with van der Waals surface area (Å²) in [6.07, 6.45) is 0. The molecule has 0 aliphatic heterocycles. The summed E-state index contributed by atoms with van der Waals surface area (Å²) in [5.41, 5.74) is 1.50. The van der Waals surface area contributed by atoms with Crippen LogP contribution in [0.25, 0.3) is 0 Å². The van der Waals surface area contributed by atoms with Gasteiger partial charge in [0.2, 0.25) is 0 Å². The average Bonchev–Trinajstić information content (AvgIpc) is 3.16. The molecule has 0 bridgehead atoms. The van der Waals surface area contributed by atoms with E-state index in [-0.39, 0.29) is 55.8 Å². The van der Waals surface area contributed by atoms with Crippen molar-refractivity contribution in [2.45, 2.75) is 0 Å². The Morgan fingerprint density at radius 3 is 1.00 bits per heavy atom. The molecule has 6 aromatic carbocycles. The molecule has 0 atom stereocenters. The predicted octanol–water partition coefficient (Wildman–Crippen LogP) is 5.52. The zero-order valence-electron chi connectivity index (χ0n) is 25.9. The van der Waals surface area contributed by atoms with Crippen LogP contribution in [0.3, 0.4) is 0 Å².